The molecule has 1 fully saturated rings. The Morgan fingerprint density at radius 2 is 1.85 bits per heavy atom. The van der Waals surface area contributed by atoms with E-state index in [9.17, 15) is 4.79 Å². The Morgan fingerprint density at radius 3 is 2.48 bits per heavy atom. The van der Waals surface area contributed by atoms with Gasteiger partial charge in [0.15, 0.2) is 0 Å². The lowest BCUT2D eigenvalue weighted by atomic mass is 10.1. The standard InChI is InChI=1S/C22H25N3O2/c1-22(2,3)27-21(26)25-14-18-12-24(13-19(18)15-25)20-10-9-17(11-23-20)16-7-5-4-6-8-16/h4-12,19H,13-15H2,1-3H3. The number of nitrogens with zero attached hydrogens (tertiary/aromatic N) is 3. The predicted octanol–water partition coefficient (Wildman–Crippen LogP) is 4.32. The van der Waals surface area contributed by atoms with Crippen molar-refractivity contribution in [3.8, 4) is 11.1 Å². The van der Waals surface area contributed by atoms with Gasteiger partial charge >= 0.3 is 6.09 Å². The molecule has 1 aromatic carbocycles. The van der Waals surface area contributed by atoms with Gasteiger partial charge in [-0.05, 0) is 44.0 Å². The van der Waals surface area contributed by atoms with Crippen LogP contribution in [0.3, 0.4) is 0 Å². The van der Waals surface area contributed by atoms with Crippen molar-refractivity contribution in [2.45, 2.75) is 26.4 Å². The van der Waals surface area contributed by atoms with Gasteiger partial charge in [-0.25, -0.2) is 9.78 Å². The molecule has 0 saturated carbocycles. The molecule has 5 heteroatoms. The fraction of sp³-hybridized carbons (Fsp3) is 0.364. The molecule has 2 aliphatic heterocycles. The Balaban J connectivity index is 1.43. The molecule has 2 aliphatic rings. The zero-order valence-electron chi connectivity index (χ0n) is 16.1. The molecule has 1 aromatic heterocycles. The number of benzene rings is 1. The number of pyridine rings is 1. The minimum absolute atomic E-state index is 0.227. The van der Waals surface area contributed by atoms with E-state index in [0.717, 1.165) is 17.9 Å². The van der Waals surface area contributed by atoms with E-state index in [2.05, 4.69) is 40.3 Å². The van der Waals surface area contributed by atoms with Crippen molar-refractivity contribution in [3.05, 3.63) is 60.4 Å². The van der Waals surface area contributed by atoms with Crippen LogP contribution in [0.25, 0.3) is 11.1 Å². The van der Waals surface area contributed by atoms with Gasteiger partial charge in [0.25, 0.3) is 0 Å². The van der Waals surface area contributed by atoms with E-state index < -0.39 is 5.60 Å². The topological polar surface area (TPSA) is 45.7 Å². The van der Waals surface area contributed by atoms with Crippen LogP contribution in [-0.2, 0) is 4.74 Å². The van der Waals surface area contributed by atoms with Gasteiger partial charge in [-0.15, -0.1) is 0 Å². The molecule has 2 aromatic rings. The summed E-state index contributed by atoms with van der Waals surface area (Å²) in [5.41, 5.74) is 3.10. The number of carbonyl (C=O) groups is 1. The average Bonchev–Trinajstić information content (AvgIpc) is 3.20. The Kier molecular flexibility index (Phi) is 4.38. The molecule has 3 heterocycles. The van der Waals surface area contributed by atoms with Crippen LogP contribution in [-0.4, -0.2) is 41.2 Å². The maximum atomic E-state index is 12.3. The second kappa shape index (κ2) is 6.72. The summed E-state index contributed by atoms with van der Waals surface area (Å²) in [5.74, 6) is 1.30. The average molecular weight is 363 g/mol. The van der Waals surface area contributed by atoms with Crippen molar-refractivity contribution in [2.24, 2.45) is 5.92 Å². The van der Waals surface area contributed by atoms with Crippen molar-refractivity contribution in [1.82, 2.24) is 9.88 Å². The van der Waals surface area contributed by atoms with Crippen molar-refractivity contribution in [2.75, 3.05) is 24.5 Å². The molecule has 27 heavy (non-hydrogen) atoms. The van der Waals surface area contributed by atoms with Gasteiger partial charge < -0.3 is 14.5 Å². The van der Waals surface area contributed by atoms with Gasteiger partial charge in [0, 0.05) is 43.5 Å². The second-order valence-electron chi connectivity index (χ2n) is 8.19. The summed E-state index contributed by atoms with van der Waals surface area (Å²) in [4.78, 5) is 20.9. The molecule has 0 aliphatic carbocycles. The summed E-state index contributed by atoms with van der Waals surface area (Å²) >= 11 is 0. The molecule has 4 rings (SSSR count). The fourth-order valence-electron chi connectivity index (χ4n) is 3.59. The van der Waals surface area contributed by atoms with Crippen molar-refractivity contribution >= 4 is 11.9 Å². The highest BCUT2D eigenvalue weighted by atomic mass is 16.6. The van der Waals surface area contributed by atoms with E-state index in [0.29, 0.717) is 19.0 Å². The first-order chi connectivity index (χ1) is 12.9. The van der Waals surface area contributed by atoms with Crippen LogP contribution < -0.4 is 4.90 Å². The molecule has 1 saturated heterocycles. The molecule has 0 radical (unpaired) electrons. The van der Waals surface area contributed by atoms with Crippen molar-refractivity contribution in [1.29, 1.82) is 0 Å². The van der Waals surface area contributed by atoms with Crippen molar-refractivity contribution in [3.63, 3.8) is 0 Å². The van der Waals surface area contributed by atoms with Crippen LogP contribution >= 0.6 is 0 Å². The normalized spacial score (nSPS) is 19.1. The summed E-state index contributed by atoms with van der Waals surface area (Å²) in [5, 5.41) is 0. The molecule has 0 spiro atoms. The van der Waals surface area contributed by atoms with Gasteiger partial charge in [0.1, 0.15) is 11.4 Å². The summed E-state index contributed by atoms with van der Waals surface area (Å²) in [7, 11) is 0. The lowest BCUT2D eigenvalue weighted by molar-refractivity contribution is 0.0291. The number of hydrogen-bond acceptors (Lipinski definition) is 4. The molecule has 1 amide bonds. The molecule has 1 atom stereocenters. The number of aromatic nitrogens is 1. The summed E-state index contributed by atoms with van der Waals surface area (Å²) in [6, 6.07) is 14.4. The fourth-order valence-corrected chi connectivity index (χ4v) is 3.59. The third kappa shape index (κ3) is 3.82. The first kappa shape index (κ1) is 17.6. The lowest BCUT2D eigenvalue weighted by Gasteiger charge is -2.25. The summed E-state index contributed by atoms with van der Waals surface area (Å²) in [6.45, 7) is 7.89. The van der Waals surface area contributed by atoms with Crippen LogP contribution in [0.15, 0.2) is 60.4 Å². The van der Waals surface area contributed by atoms with Crippen LogP contribution in [0.2, 0.25) is 0 Å². The monoisotopic (exact) mass is 363 g/mol. The molecule has 140 valence electrons. The zero-order valence-corrected chi connectivity index (χ0v) is 16.1. The van der Waals surface area contributed by atoms with E-state index >= 15 is 0 Å². The minimum atomic E-state index is -0.459. The second-order valence-corrected chi connectivity index (χ2v) is 8.19. The number of rotatable bonds is 2. The Labute approximate surface area is 160 Å². The molecular weight excluding hydrogens is 338 g/mol. The maximum Gasteiger partial charge on any atom is 0.410 e. The molecule has 0 N–H and O–H groups in total. The maximum absolute atomic E-state index is 12.3. The van der Waals surface area contributed by atoms with Crippen molar-refractivity contribution < 1.29 is 9.53 Å². The molecule has 0 bridgehead atoms. The van der Waals surface area contributed by atoms with Crippen LogP contribution in [0.4, 0.5) is 10.6 Å². The SMILES string of the molecule is CC(C)(C)OC(=O)N1CC2=CN(c3ccc(-c4ccccc4)cn3)CC2C1. The van der Waals surface area contributed by atoms with E-state index in [4.69, 9.17) is 4.74 Å². The predicted molar refractivity (Wildman–Crippen MR) is 106 cm³/mol. The number of hydrogen-bond donors (Lipinski definition) is 0. The van der Waals surface area contributed by atoms with Gasteiger partial charge in [-0.1, -0.05) is 30.3 Å². The minimum Gasteiger partial charge on any atom is -0.444 e. The van der Waals surface area contributed by atoms with Gasteiger partial charge in [0.05, 0.1) is 0 Å². The molecular formula is C22H25N3O2. The Morgan fingerprint density at radius 1 is 1.07 bits per heavy atom. The Bertz CT molecular complexity index is 853. The number of fused-ring (bicyclic) bond motifs is 1. The number of ether oxygens (including phenoxy) is 1. The van der Waals surface area contributed by atoms with Gasteiger partial charge in [-0.3, -0.25) is 0 Å². The van der Waals surface area contributed by atoms with Gasteiger partial charge in [-0.2, -0.15) is 0 Å². The third-order valence-corrected chi connectivity index (χ3v) is 4.88. The largest absolute Gasteiger partial charge is 0.444 e. The Hall–Kier alpha value is -2.82. The van der Waals surface area contributed by atoms with E-state index in [-0.39, 0.29) is 6.09 Å². The van der Waals surface area contributed by atoms with E-state index in [1.54, 1.807) is 4.90 Å². The highest BCUT2D eigenvalue weighted by molar-refractivity contribution is 5.70. The summed E-state index contributed by atoms with van der Waals surface area (Å²) in [6.07, 6.45) is 3.83. The third-order valence-electron chi connectivity index (χ3n) is 4.88. The zero-order chi connectivity index (χ0) is 19.0. The highest BCUT2D eigenvalue weighted by Crippen LogP contribution is 2.33. The molecule has 5 nitrogen and oxygen atoms in total. The lowest BCUT2D eigenvalue weighted by Crippen LogP contribution is -2.36. The van der Waals surface area contributed by atoms with Crippen LogP contribution in [0, 0.1) is 5.92 Å². The van der Waals surface area contributed by atoms with E-state index in [1.165, 1.54) is 11.1 Å². The quantitative estimate of drug-likeness (QED) is 0.797. The molecule has 1 unspecified atom stereocenters. The summed E-state index contributed by atoms with van der Waals surface area (Å²) < 4.78 is 5.49. The van der Waals surface area contributed by atoms with Gasteiger partial charge in [0.2, 0.25) is 0 Å². The van der Waals surface area contributed by atoms with Crippen LogP contribution in [0.1, 0.15) is 20.8 Å². The van der Waals surface area contributed by atoms with Crippen LogP contribution in [0.5, 0.6) is 0 Å². The number of carbonyl (C=O) groups excluding carboxylic acids is 1. The van der Waals surface area contributed by atoms with E-state index in [1.807, 2.05) is 45.2 Å². The number of amides is 1. The number of anilines is 1. The number of likely N-dealkylation sites (tertiary alicyclic amines) is 1. The highest BCUT2D eigenvalue weighted by Gasteiger charge is 2.37. The smallest absolute Gasteiger partial charge is 0.410 e. The first-order valence-electron chi connectivity index (χ1n) is 9.36. The first-order valence-corrected chi connectivity index (χ1v) is 9.36.